The monoisotopic (exact) mass is 274 g/mol. The summed E-state index contributed by atoms with van der Waals surface area (Å²) in [4.78, 5) is 24.1. The van der Waals surface area contributed by atoms with Crippen molar-refractivity contribution in [3.63, 3.8) is 0 Å². The molecule has 1 atom stereocenters. The molecule has 106 valence electrons. The number of hydrogen-bond donors (Lipinski definition) is 0. The molecule has 0 aromatic rings. The first-order valence-electron chi connectivity index (χ1n) is 6.67. The van der Waals surface area contributed by atoms with E-state index in [4.69, 9.17) is 4.74 Å². The molecule has 0 amide bonds. The van der Waals surface area contributed by atoms with E-state index >= 15 is 0 Å². The highest BCUT2D eigenvalue weighted by molar-refractivity contribution is 7.99. The number of carbonyl (C=O) groups is 2. The lowest BCUT2D eigenvalue weighted by Gasteiger charge is -2.26. The number of thioether (sulfide) groups is 1. The van der Waals surface area contributed by atoms with Crippen LogP contribution in [0.15, 0.2) is 0 Å². The number of ether oxygens (including phenoxy) is 1. The van der Waals surface area contributed by atoms with Gasteiger partial charge in [-0.3, -0.25) is 9.59 Å². The van der Waals surface area contributed by atoms with Gasteiger partial charge in [0.2, 0.25) is 0 Å². The third-order valence-electron chi connectivity index (χ3n) is 3.65. The van der Waals surface area contributed by atoms with Gasteiger partial charge in [-0.05, 0) is 24.5 Å². The molecule has 0 saturated carbocycles. The fourth-order valence-corrected chi connectivity index (χ4v) is 3.07. The summed E-state index contributed by atoms with van der Waals surface area (Å²) in [7, 11) is 1.35. The lowest BCUT2D eigenvalue weighted by atomic mass is 9.79. The van der Waals surface area contributed by atoms with E-state index in [1.54, 1.807) is 11.8 Å². The van der Waals surface area contributed by atoms with Crippen LogP contribution < -0.4 is 0 Å². The van der Waals surface area contributed by atoms with Gasteiger partial charge >= 0.3 is 5.97 Å². The molecule has 1 unspecified atom stereocenters. The maximum Gasteiger partial charge on any atom is 0.319 e. The highest BCUT2D eigenvalue weighted by Crippen LogP contribution is 2.31. The third kappa shape index (κ3) is 4.30. The number of ketones is 1. The molecule has 0 heterocycles. The van der Waals surface area contributed by atoms with Crippen molar-refractivity contribution >= 4 is 23.5 Å². The number of rotatable bonds is 9. The molecule has 0 fully saturated rings. The molecule has 0 aromatic carbocycles. The van der Waals surface area contributed by atoms with Gasteiger partial charge in [0, 0.05) is 0 Å². The lowest BCUT2D eigenvalue weighted by Crippen LogP contribution is -2.40. The second-order valence-electron chi connectivity index (χ2n) is 4.73. The molecule has 0 radical (unpaired) electrons. The quantitative estimate of drug-likeness (QED) is 0.478. The van der Waals surface area contributed by atoms with Crippen molar-refractivity contribution in [2.45, 2.75) is 47.0 Å². The average Bonchev–Trinajstić information content (AvgIpc) is 2.40. The number of esters is 1. The Kier molecular flexibility index (Phi) is 8.32. The van der Waals surface area contributed by atoms with Gasteiger partial charge in [-0.2, -0.15) is 11.8 Å². The fraction of sp³-hybridized carbons (Fsp3) is 0.857. The first kappa shape index (κ1) is 17.5. The van der Waals surface area contributed by atoms with Crippen molar-refractivity contribution in [3.8, 4) is 0 Å². The standard InChI is InChI=1S/C14H26O3S/c1-6-11(4)9-18-10-12(15)14(7-2,8-3)13(16)17-5/h11H,6-10H2,1-5H3. The summed E-state index contributed by atoms with van der Waals surface area (Å²) in [5, 5.41) is 0. The van der Waals surface area contributed by atoms with Crippen LogP contribution in [0.25, 0.3) is 0 Å². The minimum absolute atomic E-state index is 0.00709. The average molecular weight is 274 g/mol. The van der Waals surface area contributed by atoms with Crippen LogP contribution in [0.3, 0.4) is 0 Å². The van der Waals surface area contributed by atoms with Crippen molar-refractivity contribution in [1.29, 1.82) is 0 Å². The van der Waals surface area contributed by atoms with Crippen LogP contribution in [0.4, 0.5) is 0 Å². The van der Waals surface area contributed by atoms with E-state index in [2.05, 4.69) is 13.8 Å². The predicted molar refractivity (Wildman–Crippen MR) is 76.8 cm³/mol. The van der Waals surface area contributed by atoms with Crippen molar-refractivity contribution in [2.24, 2.45) is 11.3 Å². The Bertz CT molecular complexity index is 272. The zero-order valence-corrected chi connectivity index (χ0v) is 13.1. The summed E-state index contributed by atoms with van der Waals surface area (Å²) in [6.45, 7) is 8.06. The summed E-state index contributed by atoms with van der Waals surface area (Å²) in [5.41, 5.74) is -0.933. The van der Waals surface area contributed by atoms with Gasteiger partial charge < -0.3 is 4.74 Å². The SMILES string of the molecule is CCC(C)CSCC(=O)C(CC)(CC)C(=O)OC. The Morgan fingerprint density at radius 1 is 1.22 bits per heavy atom. The molecule has 18 heavy (non-hydrogen) atoms. The van der Waals surface area contributed by atoms with Crippen LogP contribution in [-0.2, 0) is 14.3 Å². The molecule has 0 spiro atoms. The molecule has 4 heteroatoms. The predicted octanol–water partition coefficient (Wildman–Crippen LogP) is 3.31. The van der Waals surface area contributed by atoms with Crippen molar-refractivity contribution < 1.29 is 14.3 Å². The molecule has 0 aromatic heterocycles. The molecule has 0 rings (SSSR count). The molecular weight excluding hydrogens is 248 g/mol. The molecule has 0 saturated heterocycles. The zero-order valence-electron chi connectivity index (χ0n) is 12.2. The molecule has 3 nitrogen and oxygen atoms in total. The number of methoxy groups -OCH3 is 1. The fourth-order valence-electron chi connectivity index (χ4n) is 1.85. The summed E-state index contributed by atoms with van der Waals surface area (Å²) in [6.07, 6.45) is 2.14. The lowest BCUT2D eigenvalue weighted by molar-refractivity contribution is -0.157. The summed E-state index contributed by atoms with van der Waals surface area (Å²) in [6, 6.07) is 0. The number of Topliss-reactive ketones (excluding diaryl/α,β-unsaturated/α-hetero) is 1. The van der Waals surface area contributed by atoms with Crippen LogP contribution in [0.1, 0.15) is 47.0 Å². The van der Waals surface area contributed by atoms with Gasteiger partial charge in [0.25, 0.3) is 0 Å². The summed E-state index contributed by atoms with van der Waals surface area (Å²) in [5.74, 6) is 1.60. The van der Waals surface area contributed by atoms with Crippen LogP contribution in [-0.4, -0.2) is 30.4 Å². The number of hydrogen-bond acceptors (Lipinski definition) is 4. The molecular formula is C14H26O3S. The van der Waals surface area contributed by atoms with E-state index in [0.717, 1.165) is 12.2 Å². The van der Waals surface area contributed by atoms with Crippen molar-refractivity contribution in [1.82, 2.24) is 0 Å². The summed E-state index contributed by atoms with van der Waals surface area (Å²) < 4.78 is 4.80. The largest absolute Gasteiger partial charge is 0.468 e. The Morgan fingerprint density at radius 2 is 1.78 bits per heavy atom. The van der Waals surface area contributed by atoms with Gasteiger partial charge in [-0.15, -0.1) is 0 Å². The molecule has 0 bridgehead atoms. The van der Waals surface area contributed by atoms with Crippen molar-refractivity contribution in [3.05, 3.63) is 0 Å². The van der Waals surface area contributed by atoms with Crippen LogP contribution in [0, 0.1) is 11.3 Å². The van der Waals surface area contributed by atoms with Crippen LogP contribution >= 0.6 is 11.8 Å². The Balaban J connectivity index is 4.54. The van der Waals surface area contributed by atoms with Crippen molar-refractivity contribution in [2.75, 3.05) is 18.6 Å². The van der Waals surface area contributed by atoms with E-state index in [-0.39, 0.29) is 11.8 Å². The van der Waals surface area contributed by atoms with Gasteiger partial charge in [0.15, 0.2) is 5.78 Å². The maximum absolute atomic E-state index is 12.3. The molecule has 0 N–H and O–H groups in total. The maximum atomic E-state index is 12.3. The van der Waals surface area contributed by atoms with E-state index in [1.807, 2.05) is 13.8 Å². The van der Waals surface area contributed by atoms with Gasteiger partial charge in [0.1, 0.15) is 5.41 Å². The number of carbonyl (C=O) groups excluding carboxylic acids is 2. The zero-order chi connectivity index (χ0) is 14.2. The van der Waals surface area contributed by atoms with Gasteiger partial charge in [-0.1, -0.05) is 34.1 Å². The first-order valence-corrected chi connectivity index (χ1v) is 7.83. The second kappa shape index (κ2) is 8.57. The highest BCUT2D eigenvalue weighted by atomic mass is 32.2. The summed E-state index contributed by atoms with van der Waals surface area (Å²) >= 11 is 1.62. The highest BCUT2D eigenvalue weighted by Gasteiger charge is 2.42. The van der Waals surface area contributed by atoms with Crippen LogP contribution in [0.5, 0.6) is 0 Å². The Morgan fingerprint density at radius 3 is 2.17 bits per heavy atom. The Hall–Kier alpha value is -0.510. The van der Waals surface area contributed by atoms with Crippen LogP contribution in [0.2, 0.25) is 0 Å². The minimum Gasteiger partial charge on any atom is -0.468 e. The second-order valence-corrected chi connectivity index (χ2v) is 5.76. The molecule has 0 aliphatic heterocycles. The molecule has 0 aliphatic rings. The molecule has 0 aliphatic carbocycles. The normalized spacial score (nSPS) is 13.2. The van der Waals surface area contributed by atoms with Gasteiger partial charge in [0.05, 0.1) is 12.9 Å². The van der Waals surface area contributed by atoms with Gasteiger partial charge in [-0.25, -0.2) is 0 Å². The third-order valence-corrected chi connectivity index (χ3v) is 4.92. The van der Waals surface area contributed by atoms with E-state index in [1.165, 1.54) is 7.11 Å². The van der Waals surface area contributed by atoms with E-state index in [0.29, 0.717) is 24.5 Å². The topological polar surface area (TPSA) is 43.4 Å². The van der Waals surface area contributed by atoms with E-state index < -0.39 is 5.41 Å². The smallest absolute Gasteiger partial charge is 0.319 e. The minimum atomic E-state index is -0.933. The first-order chi connectivity index (χ1) is 8.48. The van der Waals surface area contributed by atoms with E-state index in [9.17, 15) is 9.59 Å². The Labute approximate surface area is 115 Å².